The van der Waals surface area contributed by atoms with Crippen LogP contribution in [0, 0.1) is 17.7 Å². The molecule has 0 unspecified atom stereocenters. The van der Waals surface area contributed by atoms with E-state index in [0.29, 0.717) is 24.0 Å². The van der Waals surface area contributed by atoms with Crippen LogP contribution < -0.4 is 0 Å². The van der Waals surface area contributed by atoms with E-state index in [0.717, 1.165) is 5.69 Å². The van der Waals surface area contributed by atoms with Crippen molar-refractivity contribution in [1.82, 2.24) is 20.0 Å². The Labute approximate surface area is 115 Å². The van der Waals surface area contributed by atoms with Crippen molar-refractivity contribution in [2.24, 2.45) is 0 Å². The van der Waals surface area contributed by atoms with Crippen molar-refractivity contribution in [3.05, 3.63) is 54.1 Å². The van der Waals surface area contributed by atoms with Crippen molar-refractivity contribution in [2.75, 3.05) is 0 Å². The Bertz CT molecular complexity index is 784. The van der Waals surface area contributed by atoms with E-state index in [1.165, 1.54) is 16.9 Å². The molecule has 20 heavy (non-hydrogen) atoms. The molecule has 0 N–H and O–H groups in total. The van der Waals surface area contributed by atoms with Crippen molar-refractivity contribution in [3.63, 3.8) is 0 Å². The second-order valence-corrected chi connectivity index (χ2v) is 4.20. The summed E-state index contributed by atoms with van der Waals surface area (Å²) in [6.07, 6.45) is 2.32. The largest absolute Gasteiger partial charge is 0.248 e. The van der Waals surface area contributed by atoms with E-state index in [9.17, 15) is 4.39 Å². The summed E-state index contributed by atoms with van der Waals surface area (Å²) >= 11 is 0. The van der Waals surface area contributed by atoms with E-state index in [2.05, 4.69) is 27.0 Å². The zero-order chi connectivity index (χ0) is 13.8. The third-order valence-corrected chi connectivity index (χ3v) is 2.70. The highest BCUT2D eigenvalue weighted by molar-refractivity contribution is 5.73. The van der Waals surface area contributed by atoms with E-state index in [-0.39, 0.29) is 5.82 Å². The van der Waals surface area contributed by atoms with Gasteiger partial charge in [-0.15, -0.1) is 0 Å². The zero-order valence-corrected chi connectivity index (χ0v) is 10.6. The summed E-state index contributed by atoms with van der Waals surface area (Å²) in [6, 6.07) is 9.97. The molecule has 2 aromatic heterocycles. The van der Waals surface area contributed by atoms with E-state index < -0.39 is 0 Å². The molecule has 2 heterocycles. The zero-order valence-electron chi connectivity index (χ0n) is 10.6. The highest BCUT2D eigenvalue weighted by Crippen LogP contribution is 2.10. The lowest BCUT2D eigenvalue weighted by molar-refractivity contribution is 0.555. The summed E-state index contributed by atoms with van der Waals surface area (Å²) in [5.74, 6) is 5.68. The Morgan fingerprint density at radius 2 is 2.00 bits per heavy atom. The maximum absolute atomic E-state index is 13.0. The summed E-state index contributed by atoms with van der Waals surface area (Å²) < 4.78 is 13.0. The van der Waals surface area contributed by atoms with Gasteiger partial charge in [-0.05, 0) is 30.2 Å². The molecule has 0 aliphatic rings. The van der Waals surface area contributed by atoms with Crippen LogP contribution in [0.2, 0.25) is 0 Å². The summed E-state index contributed by atoms with van der Waals surface area (Å²) in [5.41, 5.74) is 1.99. The van der Waals surface area contributed by atoms with Gasteiger partial charge in [0, 0.05) is 18.7 Å². The molecule has 0 spiro atoms. The van der Waals surface area contributed by atoms with E-state index in [4.69, 9.17) is 0 Å². The molecule has 0 saturated heterocycles. The second kappa shape index (κ2) is 5.49. The molecule has 0 fully saturated rings. The first-order valence-electron chi connectivity index (χ1n) is 6.21. The highest BCUT2D eigenvalue weighted by atomic mass is 19.1. The van der Waals surface area contributed by atoms with Crippen LogP contribution in [0.3, 0.4) is 0 Å². The van der Waals surface area contributed by atoms with Crippen LogP contribution in [0.1, 0.15) is 12.1 Å². The van der Waals surface area contributed by atoms with Crippen LogP contribution in [-0.4, -0.2) is 20.0 Å². The van der Waals surface area contributed by atoms with Crippen molar-refractivity contribution in [2.45, 2.75) is 13.0 Å². The third kappa shape index (κ3) is 2.81. The summed E-state index contributed by atoms with van der Waals surface area (Å²) in [4.78, 5) is 5.65. The van der Waals surface area contributed by atoms with Gasteiger partial charge in [-0.1, -0.05) is 12.0 Å². The Morgan fingerprint density at radius 1 is 1.10 bits per heavy atom. The fourth-order valence-electron chi connectivity index (χ4n) is 1.78. The van der Waals surface area contributed by atoms with E-state index in [1.54, 1.807) is 12.3 Å². The highest BCUT2D eigenvalue weighted by Gasteiger charge is 2.02. The molecule has 0 atom stereocenters. The molecule has 5 heteroatoms. The Hall–Kier alpha value is -2.74. The van der Waals surface area contributed by atoms with E-state index in [1.807, 2.05) is 18.2 Å². The smallest absolute Gasteiger partial charge is 0.125 e. The number of benzene rings is 1. The monoisotopic (exact) mass is 266 g/mol. The predicted octanol–water partition coefficient (Wildman–Crippen LogP) is 2.41. The maximum atomic E-state index is 13.0. The fraction of sp³-hybridized carbons (Fsp3) is 0.133. The topological polar surface area (TPSA) is 43.6 Å². The number of rotatable bonds is 2. The number of aromatic nitrogens is 4. The van der Waals surface area contributed by atoms with Crippen LogP contribution in [0.15, 0.2) is 42.6 Å². The minimum atomic E-state index is -0.306. The van der Waals surface area contributed by atoms with Gasteiger partial charge in [0.1, 0.15) is 22.5 Å². The summed E-state index contributed by atoms with van der Waals surface area (Å²) in [5, 5.41) is 8.45. The van der Waals surface area contributed by atoms with Gasteiger partial charge in [-0.25, -0.2) is 9.37 Å². The SMILES string of the molecule is Fc1ccc2nn(CCC#Cc3ccccn3)nc2c1. The number of pyridine rings is 1. The second-order valence-electron chi connectivity index (χ2n) is 4.20. The lowest BCUT2D eigenvalue weighted by Crippen LogP contribution is -2.01. The fourth-order valence-corrected chi connectivity index (χ4v) is 1.78. The van der Waals surface area contributed by atoms with Gasteiger partial charge < -0.3 is 0 Å². The van der Waals surface area contributed by atoms with Crippen LogP contribution in [-0.2, 0) is 6.54 Å². The molecule has 0 aliphatic heterocycles. The predicted molar refractivity (Wildman–Crippen MR) is 73.2 cm³/mol. The molecular weight excluding hydrogens is 255 g/mol. The van der Waals surface area contributed by atoms with Gasteiger partial charge in [0.05, 0.1) is 6.54 Å². The standard InChI is InChI=1S/C15H11FN4/c16-12-7-8-14-15(11-12)19-20(18-14)10-4-2-6-13-5-1-3-9-17-13/h1,3,5,7-9,11H,4,10H2. The van der Waals surface area contributed by atoms with Gasteiger partial charge in [0.15, 0.2) is 0 Å². The molecule has 3 rings (SSSR count). The number of halogens is 1. The molecule has 0 radical (unpaired) electrons. The molecule has 98 valence electrons. The van der Waals surface area contributed by atoms with Crippen molar-refractivity contribution >= 4 is 11.0 Å². The average Bonchev–Trinajstić information content (AvgIpc) is 2.86. The van der Waals surface area contributed by atoms with Crippen LogP contribution in [0.25, 0.3) is 11.0 Å². The number of aryl methyl sites for hydroxylation is 1. The first kappa shape index (κ1) is 12.3. The van der Waals surface area contributed by atoms with Gasteiger partial charge in [-0.2, -0.15) is 15.0 Å². The minimum Gasteiger partial charge on any atom is -0.248 e. The van der Waals surface area contributed by atoms with Crippen LogP contribution in [0.4, 0.5) is 4.39 Å². The molecule has 0 saturated carbocycles. The van der Waals surface area contributed by atoms with Crippen LogP contribution >= 0.6 is 0 Å². The van der Waals surface area contributed by atoms with Crippen LogP contribution in [0.5, 0.6) is 0 Å². The molecule has 3 aromatic rings. The first-order chi connectivity index (χ1) is 9.81. The van der Waals surface area contributed by atoms with Crippen molar-refractivity contribution in [1.29, 1.82) is 0 Å². The number of hydrogen-bond donors (Lipinski definition) is 0. The van der Waals surface area contributed by atoms with E-state index >= 15 is 0 Å². The first-order valence-corrected chi connectivity index (χ1v) is 6.21. The Kier molecular flexibility index (Phi) is 3.38. The van der Waals surface area contributed by atoms with Crippen molar-refractivity contribution in [3.8, 4) is 11.8 Å². The van der Waals surface area contributed by atoms with Gasteiger partial charge in [0.25, 0.3) is 0 Å². The average molecular weight is 266 g/mol. The number of nitrogens with zero attached hydrogens (tertiary/aromatic N) is 4. The third-order valence-electron chi connectivity index (χ3n) is 2.70. The molecule has 1 aromatic carbocycles. The molecule has 0 amide bonds. The van der Waals surface area contributed by atoms with Gasteiger partial charge >= 0.3 is 0 Å². The maximum Gasteiger partial charge on any atom is 0.125 e. The lowest BCUT2D eigenvalue weighted by Gasteiger charge is -1.92. The van der Waals surface area contributed by atoms with Gasteiger partial charge in [0.2, 0.25) is 0 Å². The van der Waals surface area contributed by atoms with Crippen molar-refractivity contribution < 1.29 is 4.39 Å². The molecule has 0 aliphatic carbocycles. The quantitative estimate of drug-likeness (QED) is 0.669. The number of hydrogen-bond acceptors (Lipinski definition) is 3. The lowest BCUT2D eigenvalue weighted by atomic mass is 10.3. The molecular formula is C15H11FN4. The normalized spacial score (nSPS) is 10.2. The summed E-state index contributed by atoms with van der Waals surface area (Å²) in [7, 11) is 0. The molecule has 0 bridgehead atoms. The van der Waals surface area contributed by atoms with Gasteiger partial charge in [-0.3, -0.25) is 0 Å². The summed E-state index contributed by atoms with van der Waals surface area (Å²) in [6.45, 7) is 0.566. The Balaban J connectivity index is 1.67. The number of fused-ring (bicyclic) bond motifs is 1. The molecule has 4 nitrogen and oxygen atoms in total. The minimum absolute atomic E-state index is 0.306. The Morgan fingerprint density at radius 3 is 2.85 bits per heavy atom.